The number of benzene rings is 1. The van der Waals surface area contributed by atoms with Crippen LogP contribution in [0.5, 0.6) is 5.75 Å². The minimum atomic E-state index is 0.419. The van der Waals surface area contributed by atoms with E-state index in [4.69, 9.17) is 4.74 Å². The average molecular weight is 283 g/mol. The molecule has 0 aliphatic heterocycles. The standard InChI is InChI=1S/C14H19BrO/c1-10-4-5-11(2)13(12(10)3)16-9-14(8-15)6-7-14/h4-5H,6-9H2,1-3H3. The first kappa shape index (κ1) is 12.0. The van der Waals surface area contributed by atoms with Crippen LogP contribution >= 0.6 is 15.9 Å². The molecule has 0 N–H and O–H groups in total. The number of alkyl halides is 1. The van der Waals surface area contributed by atoms with Crippen molar-refractivity contribution >= 4 is 15.9 Å². The molecule has 1 saturated carbocycles. The van der Waals surface area contributed by atoms with E-state index in [9.17, 15) is 0 Å². The van der Waals surface area contributed by atoms with Crippen molar-refractivity contribution in [2.75, 3.05) is 11.9 Å². The molecule has 0 spiro atoms. The van der Waals surface area contributed by atoms with Gasteiger partial charge in [-0.3, -0.25) is 0 Å². The first-order valence-corrected chi connectivity index (χ1v) is 6.96. The van der Waals surface area contributed by atoms with Crippen LogP contribution in [-0.2, 0) is 0 Å². The van der Waals surface area contributed by atoms with Gasteiger partial charge in [-0.2, -0.15) is 0 Å². The average Bonchev–Trinajstić information content (AvgIpc) is 3.05. The van der Waals surface area contributed by atoms with Gasteiger partial charge in [-0.05, 0) is 50.3 Å². The molecular weight excluding hydrogens is 264 g/mol. The lowest BCUT2D eigenvalue weighted by molar-refractivity contribution is 0.248. The molecule has 1 aliphatic rings. The zero-order chi connectivity index (χ0) is 11.8. The lowest BCUT2D eigenvalue weighted by Crippen LogP contribution is -2.15. The van der Waals surface area contributed by atoms with E-state index < -0.39 is 0 Å². The van der Waals surface area contributed by atoms with Crippen molar-refractivity contribution in [1.29, 1.82) is 0 Å². The molecular formula is C14H19BrO. The summed E-state index contributed by atoms with van der Waals surface area (Å²) in [7, 11) is 0. The molecule has 1 nitrogen and oxygen atoms in total. The van der Waals surface area contributed by atoms with Crippen molar-refractivity contribution in [3.8, 4) is 5.75 Å². The van der Waals surface area contributed by atoms with Gasteiger partial charge in [0.25, 0.3) is 0 Å². The molecule has 1 fully saturated rings. The molecule has 0 bridgehead atoms. The van der Waals surface area contributed by atoms with Gasteiger partial charge in [0, 0.05) is 10.7 Å². The van der Waals surface area contributed by atoms with Crippen LogP contribution in [0.3, 0.4) is 0 Å². The second-order valence-electron chi connectivity index (χ2n) is 5.08. The Kier molecular flexibility index (Phi) is 3.29. The Balaban J connectivity index is 2.12. The van der Waals surface area contributed by atoms with Crippen molar-refractivity contribution < 1.29 is 4.74 Å². The maximum atomic E-state index is 6.04. The van der Waals surface area contributed by atoms with E-state index in [2.05, 4.69) is 48.8 Å². The predicted molar refractivity (Wildman–Crippen MR) is 71.6 cm³/mol. The maximum absolute atomic E-state index is 6.04. The van der Waals surface area contributed by atoms with Crippen LogP contribution in [0.25, 0.3) is 0 Å². The molecule has 0 heterocycles. The molecule has 2 heteroatoms. The van der Waals surface area contributed by atoms with Crippen LogP contribution in [0.15, 0.2) is 12.1 Å². The second kappa shape index (κ2) is 4.40. The van der Waals surface area contributed by atoms with Gasteiger partial charge in [0.15, 0.2) is 0 Å². The molecule has 0 atom stereocenters. The SMILES string of the molecule is Cc1ccc(C)c(OCC2(CBr)CC2)c1C. The summed E-state index contributed by atoms with van der Waals surface area (Å²) < 4.78 is 6.04. The molecule has 88 valence electrons. The second-order valence-corrected chi connectivity index (χ2v) is 5.64. The molecule has 2 rings (SSSR count). The number of aryl methyl sites for hydroxylation is 2. The van der Waals surface area contributed by atoms with Gasteiger partial charge < -0.3 is 4.74 Å². The van der Waals surface area contributed by atoms with Crippen LogP contribution < -0.4 is 4.74 Å². The highest BCUT2D eigenvalue weighted by atomic mass is 79.9. The molecule has 0 aromatic heterocycles. The quantitative estimate of drug-likeness (QED) is 0.754. The fraction of sp³-hybridized carbons (Fsp3) is 0.571. The molecule has 0 radical (unpaired) electrons. The summed E-state index contributed by atoms with van der Waals surface area (Å²) in [6, 6.07) is 4.31. The number of ether oxygens (including phenoxy) is 1. The zero-order valence-corrected chi connectivity index (χ0v) is 11.9. The third-order valence-corrected chi connectivity index (χ3v) is 4.83. The van der Waals surface area contributed by atoms with E-state index in [0.717, 1.165) is 17.7 Å². The van der Waals surface area contributed by atoms with Crippen molar-refractivity contribution in [3.05, 3.63) is 28.8 Å². The Morgan fingerprint density at radius 1 is 1.19 bits per heavy atom. The number of halogens is 1. The highest BCUT2D eigenvalue weighted by Crippen LogP contribution is 2.47. The van der Waals surface area contributed by atoms with Crippen molar-refractivity contribution in [3.63, 3.8) is 0 Å². The van der Waals surface area contributed by atoms with E-state index in [1.165, 1.54) is 29.5 Å². The Bertz CT molecular complexity index is 394. The number of rotatable bonds is 4. The fourth-order valence-corrected chi connectivity index (χ4v) is 2.59. The summed E-state index contributed by atoms with van der Waals surface area (Å²) in [6.45, 7) is 7.25. The van der Waals surface area contributed by atoms with Crippen LogP contribution in [0.4, 0.5) is 0 Å². The molecule has 1 aliphatic carbocycles. The van der Waals surface area contributed by atoms with Gasteiger partial charge in [-0.1, -0.05) is 28.1 Å². The molecule has 0 unspecified atom stereocenters. The van der Waals surface area contributed by atoms with E-state index in [1.54, 1.807) is 0 Å². The molecule has 0 saturated heterocycles. The minimum absolute atomic E-state index is 0.419. The minimum Gasteiger partial charge on any atom is -0.492 e. The summed E-state index contributed by atoms with van der Waals surface area (Å²) in [6.07, 6.45) is 2.59. The van der Waals surface area contributed by atoms with E-state index >= 15 is 0 Å². The molecule has 0 amide bonds. The Labute approximate surface area is 106 Å². The lowest BCUT2D eigenvalue weighted by Gasteiger charge is -2.17. The lowest BCUT2D eigenvalue weighted by atomic mass is 10.1. The van der Waals surface area contributed by atoms with E-state index in [-0.39, 0.29) is 0 Å². The van der Waals surface area contributed by atoms with Crippen LogP contribution in [0.2, 0.25) is 0 Å². The summed E-state index contributed by atoms with van der Waals surface area (Å²) in [5.41, 5.74) is 4.26. The van der Waals surface area contributed by atoms with Gasteiger partial charge in [-0.15, -0.1) is 0 Å². The van der Waals surface area contributed by atoms with Crippen LogP contribution in [0.1, 0.15) is 29.5 Å². The predicted octanol–water partition coefficient (Wildman–Crippen LogP) is 4.17. The first-order chi connectivity index (χ1) is 7.58. The molecule has 16 heavy (non-hydrogen) atoms. The van der Waals surface area contributed by atoms with Crippen molar-refractivity contribution in [1.82, 2.24) is 0 Å². The van der Waals surface area contributed by atoms with Gasteiger partial charge in [0.1, 0.15) is 5.75 Å². The molecule has 1 aromatic carbocycles. The number of hydrogen-bond acceptors (Lipinski definition) is 1. The molecule has 1 aromatic rings. The van der Waals surface area contributed by atoms with Crippen molar-refractivity contribution in [2.24, 2.45) is 5.41 Å². The summed E-state index contributed by atoms with van der Waals surface area (Å²) in [5, 5.41) is 1.06. The highest BCUT2D eigenvalue weighted by Gasteiger charge is 2.42. The van der Waals surface area contributed by atoms with E-state index in [1.807, 2.05) is 0 Å². The Morgan fingerprint density at radius 3 is 2.38 bits per heavy atom. The van der Waals surface area contributed by atoms with Crippen molar-refractivity contribution in [2.45, 2.75) is 33.6 Å². The van der Waals surface area contributed by atoms with E-state index in [0.29, 0.717) is 5.41 Å². The normalized spacial score (nSPS) is 17.2. The topological polar surface area (TPSA) is 9.23 Å². The van der Waals surface area contributed by atoms with Gasteiger partial charge in [0.05, 0.1) is 6.61 Å². The smallest absolute Gasteiger partial charge is 0.125 e. The fourth-order valence-electron chi connectivity index (χ4n) is 1.87. The summed E-state index contributed by atoms with van der Waals surface area (Å²) in [4.78, 5) is 0. The largest absolute Gasteiger partial charge is 0.492 e. The van der Waals surface area contributed by atoms with Gasteiger partial charge in [0.2, 0.25) is 0 Å². The number of hydrogen-bond donors (Lipinski definition) is 0. The van der Waals surface area contributed by atoms with Gasteiger partial charge in [-0.25, -0.2) is 0 Å². The Morgan fingerprint density at radius 2 is 1.81 bits per heavy atom. The first-order valence-electron chi connectivity index (χ1n) is 5.83. The highest BCUT2D eigenvalue weighted by molar-refractivity contribution is 9.09. The third kappa shape index (κ3) is 2.27. The van der Waals surface area contributed by atoms with Crippen LogP contribution in [0, 0.1) is 26.2 Å². The summed E-state index contributed by atoms with van der Waals surface area (Å²) >= 11 is 3.58. The van der Waals surface area contributed by atoms with Gasteiger partial charge >= 0.3 is 0 Å². The maximum Gasteiger partial charge on any atom is 0.125 e. The third-order valence-electron chi connectivity index (χ3n) is 3.64. The zero-order valence-electron chi connectivity index (χ0n) is 10.3. The van der Waals surface area contributed by atoms with Crippen LogP contribution in [-0.4, -0.2) is 11.9 Å². The Hall–Kier alpha value is -0.500. The summed E-state index contributed by atoms with van der Waals surface area (Å²) in [5.74, 6) is 1.09. The monoisotopic (exact) mass is 282 g/mol.